The lowest BCUT2D eigenvalue weighted by Crippen LogP contribution is -2.45. The van der Waals surface area contributed by atoms with Crippen LogP contribution in [0.2, 0.25) is 0 Å². The van der Waals surface area contributed by atoms with Crippen molar-refractivity contribution in [2.45, 2.75) is 90.8 Å². The smallest absolute Gasteiger partial charge is 0.345 e. The molecule has 1 aromatic carbocycles. The molecule has 0 radical (unpaired) electrons. The highest BCUT2D eigenvalue weighted by Crippen LogP contribution is 2.32. The van der Waals surface area contributed by atoms with Crippen LogP contribution in [0.15, 0.2) is 35.1 Å². The van der Waals surface area contributed by atoms with Gasteiger partial charge in [-0.3, -0.25) is 4.79 Å². The molecule has 2 atom stereocenters. The van der Waals surface area contributed by atoms with Crippen molar-refractivity contribution in [1.29, 1.82) is 0 Å². The number of carbonyl (C=O) groups is 1. The van der Waals surface area contributed by atoms with Crippen molar-refractivity contribution in [3.8, 4) is 11.3 Å². The van der Waals surface area contributed by atoms with Crippen molar-refractivity contribution >= 4 is 12.0 Å². The molecule has 190 valence electrons. The van der Waals surface area contributed by atoms with Gasteiger partial charge in [0, 0.05) is 23.2 Å². The molecule has 8 heteroatoms. The molecule has 1 fully saturated rings. The SMILES string of the molecule is CC(C)c1[nH]c(=O)nc(-c2ccc(F)cc2)c1C=C[C@@H]1C[C@H](CC(=O)OC(C)(C)C)OC(C)(C)O1. The summed E-state index contributed by atoms with van der Waals surface area (Å²) in [4.78, 5) is 31.7. The Hall–Kier alpha value is -2.84. The topological polar surface area (TPSA) is 90.5 Å². The molecule has 7 nitrogen and oxygen atoms in total. The van der Waals surface area contributed by atoms with Crippen LogP contribution in [0.25, 0.3) is 17.3 Å². The minimum atomic E-state index is -0.899. The van der Waals surface area contributed by atoms with E-state index >= 15 is 0 Å². The maximum Gasteiger partial charge on any atom is 0.345 e. The number of benzene rings is 1. The van der Waals surface area contributed by atoms with Crippen molar-refractivity contribution in [3.05, 3.63) is 57.9 Å². The molecule has 0 bridgehead atoms. The quantitative estimate of drug-likeness (QED) is 0.553. The standard InChI is InChI=1S/C27H35FN2O5/c1-16(2)23-21(24(30-25(32)29-23)17-8-10-18(28)11-9-17)13-12-19-14-20(34-27(6,7)33-19)15-22(31)35-26(3,4)5/h8-13,16,19-20H,14-15H2,1-7H3,(H,29,30,32)/t19-,20-/m1/s1. The van der Waals surface area contributed by atoms with E-state index in [2.05, 4.69) is 9.97 Å². The van der Waals surface area contributed by atoms with Gasteiger partial charge >= 0.3 is 11.7 Å². The first-order chi connectivity index (χ1) is 16.2. The fourth-order valence-electron chi connectivity index (χ4n) is 4.12. The number of aromatic amines is 1. The molecule has 0 saturated carbocycles. The van der Waals surface area contributed by atoms with Crippen LogP contribution in [-0.4, -0.2) is 39.5 Å². The van der Waals surface area contributed by atoms with Gasteiger partial charge in [0.2, 0.25) is 0 Å². The molecule has 1 saturated heterocycles. The highest BCUT2D eigenvalue weighted by Gasteiger charge is 2.36. The van der Waals surface area contributed by atoms with Gasteiger partial charge in [0.1, 0.15) is 11.4 Å². The Morgan fingerprint density at radius 1 is 1.26 bits per heavy atom. The molecule has 2 aromatic rings. The summed E-state index contributed by atoms with van der Waals surface area (Å²) in [6, 6.07) is 5.88. The Balaban J connectivity index is 1.92. The van der Waals surface area contributed by atoms with Crippen LogP contribution in [0.1, 0.15) is 78.5 Å². The van der Waals surface area contributed by atoms with Gasteiger partial charge in [-0.25, -0.2) is 9.18 Å². The normalized spacial score (nSPS) is 20.4. The Bertz CT molecular complexity index is 1130. The lowest BCUT2D eigenvalue weighted by atomic mass is 9.97. The van der Waals surface area contributed by atoms with Crippen molar-refractivity contribution in [3.63, 3.8) is 0 Å². The average molecular weight is 487 g/mol. The molecule has 1 aliphatic rings. The van der Waals surface area contributed by atoms with Gasteiger partial charge in [0.05, 0.1) is 24.3 Å². The average Bonchev–Trinajstić information content (AvgIpc) is 2.70. The molecule has 1 aromatic heterocycles. The largest absolute Gasteiger partial charge is 0.460 e. The van der Waals surface area contributed by atoms with Crippen molar-refractivity contribution in [2.24, 2.45) is 0 Å². The Morgan fingerprint density at radius 3 is 2.51 bits per heavy atom. The highest BCUT2D eigenvalue weighted by molar-refractivity contribution is 5.73. The first-order valence-corrected chi connectivity index (χ1v) is 11.9. The zero-order valence-corrected chi connectivity index (χ0v) is 21.5. The maximum absolute atomic E-state index is 13.5. The number of rotatable bonds is 6. The third-order valence-electron chi connectivity index (χ3n) is 5.37. The summed E-state index contributed by atoms with van der Waals surface area (Å²) in [5.74, 6) is -1.58. The molecule has 1 aliphatic heterocycles. The molecular weight excluding hydrogens is 451 g/mol. The second-order valence-corrected chi connectivity index (χ2v) is 10.6. The van der Waals surface area contributed by atoms with E-state index in [1.807, 2.05) is 46.8 Å². The number of carbonyl (C=O) groups excluding carboxylic acids is 1. The monoisotopic (exact) mass is 486 g/mol. The van der Waals surface area contributed by atoms with Gasteiger partial charge in [-0.15, -0.1) is 0 Å². The van der Waals surface area contributed by atoms with Gasteiger partial charge in [-0.1, -0.05) is 26.0 Å². The summed E-state index contributed by atoms with van der Waals surface area (Å²) in [5, 5.41) is 0. The second-order valence-electron chi connectivity index (χ2n) is 10.6. The third kappa shape index (κ3) is 7.57. The molecule has 0 spiro atoms. The number of hydrogen-bond acceptors (Lipinski definition) is 6. The molecule has 3 rings (SSSR count). The molecule has 2 heterocycles. The van der Waals surface area contributed by atoms with Gasteiger partial charge in [-0.2, -0.15) is 4.98 Å². The lowest BCUT2D eigenvalue weighted by Gasteiger charge is -2.39. The summed E-state index contributed by atoms with van der Waals surface area (Å²) in [7, 11) is 0. The Labute approximate surface area is 205 Å². The van der Waals surface area contributed by atoms with E-state index in [1.54, 1.807) is 26.0 Å². The van der Waals surface area contributed by atoms with Crippen LogP contribution < -0.4 is 5.69 Å². The van der Waals surface area contributed by atoms with Crippen LogP contribution in [0.4, 0.5) is 4.39 Å². The van der Waals surface area contributed by atoms with E-state index < -0.39 is 17.1 Å². The van der Waals surface area contributed by atoms with Gasteiger partial charge < -0.3 is 19.2 Å². The van der Waals surface area contributed by atoms with E-state index in [1.165, 1.54) is 12.1 Å². The predicted octanol–water partition coefficient (Wildman–Crippen LogP) is 5.35. The zero-order valence-electron chi connectivity index (χ0n) is 21.5. The fraction of sp³-hybridized carbons (Fsp3) is 0.519. The van der Waals surface area contributed by atoms with E-state index in [9.17, 15) is 14.0 Å². The van der Waals surface area contributed by atoms with E-state index in [0.717, 1.165) is 11.3 Å². The van der Waals surface area contributed by atoms with Crippen LogP contribution >= 0.6 is 0 Å². The van der Waals surface area contributed by atoms with E-state index in [4.69, 9.17) is 14.2 Å². The second kappa shape index (κ2) is 10.4. The van der Waals surface area contributed by atoms with Crippen molar-refractivity contribution in [1.82, 2.24) is 9.97 Å². The number of esters is 1. The fourth-order valence-corrected chi connectivity index (χ4v) is 4.12. The molecule has 35 heavy (non-hydrogen) atoms. The molecular formula is C27H35FN2O5. The summed E-state index contributed by atoms with van der Waals surface area (Å²) >= 11 is 0. The first-order valence-electron chi connectivity index (χ1n) is 11.9. The molecule has 1 N–H and O–H groups in total. The maximum atomic E-state index is 13.5. The molecule has 0 aliphatic carbocycles. The lowest BCUT2D eigenvalue weighted by molar-refractivity contribution is -0.290. The van der Waals surface area contributed by atoms with Gasteiger partial charge in [-0.05, 0) is 64.8 Å². The number of halogens is 1. The predicted molar refractivity (Wildman–Crippen MR) is 132 cm³/mol. The number of hydrogen-bond donors (Lipinski definition) is 1. The number of nitrogens with zero attached hydrogens (tertiary/aromatic N) is 1. The van der Waals surface area contributed by atoms with Gasteiger partial charge in [0.25, 0.3) is 0 Å². The summed E-state index contributed by atoms with van der Waals surface area (Å²) in [6.45, 7) is 13.0. The minimum absolute atomic E-state index is 0.0107. The van der Waals surface area contributed by atoms with Crippen molar-refractivity contribution in [2.75, 3.05) is 0 Å². The summed E-state index contributed by atoms with van der Waals surface area (Å²) in [5.41, 5.74) is 1.50. The summed E-state index contributed by atoms with van der Waals surface area (Å²) in [6.07, 6.45) is 3.61. The zero-order chi connectivity index (χ0) is 26.0. The molecule has 0 unspecified atom stereocenters. The Kier molecular flexibility index (Phi) is 7.97. The van der Waals surface area contributed by atoms with E-state index in [-0.39, 0.29) is 36.3 Å². The van der Waals surface area contributed by atoms with Crippen LogP contribution in [0, 0.1) is 5.82 Å². The van der Waals surface area contributed by atoms with E-state index in [0.29, 0.717) is 17.7 Å². The first kappa shape index (κ1) is 26.8. The summed E-state index contributed by atoms with van der Waals surface area (Å²) < 4.78 is 31.0. The minimum Gasteiger partial charge on any atom is -0.460 e. The van der Waals surface area contributed by atoms with Crippen LogP contribution in [-0.2, 0) is 19.0 Å². The highest BCUT2D eigenvalue weighted by atomic mass is 19.1. The van der Waals surface area contributed by atoms with Gasteiger partial charge in [0.15, 0.2) is 5.79 Å². The molecule has 0 amide bonds. The van der Waals surface area contributed by atoms with Crippen LogP contribution in [0.5, 0.6) is 0 Å². The Morgan fingerprint density at radius 2 is 1.91 bits per heavy atom. The number of aromatic nitrogens is 2. The van der Waals surface area contributed by atoms with Crippen LogP contribution in [0.3, 0.4) is 0 Å². The third-order valence-corrected chi connectivity index (χ3v) is 5.37. The number of ether oxygens (including phenoxy) is 3. The number of H-pyrrole nitrogens is 1. The number of nitrogens with one attached hydrogen (secondary N) is 1. The van der Waals surface area contributed by atoms with Crippen molar-refractivity contribution < 1.29 is 23.4 Å².